The maximum absolute atomic E-state index is 6.65. The predicted molar refractivity (Wildman–Crippen MR) is 310 cm³/mol. The molecule has 0 radical (unpaired) electrons. The number of fused-ring (bicyclic) bond motifs is 6. The molecular formula is C64H50Br2O3Si2. The van der Waals surface area contributed by atoms with Crippen LogP contribution >= 0.6 is 31.9 Å². The minimum Gasteiger partial charge on any atom is -0.456 e. The second-order valence-electron chi connectivity index (χ2n) is 17.9. The van der Waals surface area contributed by atoms with Gasteiger partial charge in [-0.25, -0.2) is 0 Å². The van der Waals surface area contributed by atoms with Gasteiger partial charge in [-0.15, -0.1) is 0 Å². The Bertz CT molecular complexity index is 3260. The molecule has 0 spiro atoms. The molecule has 71 heavy (non-hydrogen) atoms. The molecule has 7 heteroatoms. The number of ether oxygens (including phenoxy) is 1. The molecule has 0 bridgehead atoms. The summed E-state index contributed by atoms with van der Waals surface area (Å²) in [6, 6.07) is 92.8. The molecule has 0 atom stereocenters. The monoisotopic (exact) mass is 1080 g/mol. The van der Waals surface area contributed by atoms with E-state index >= 15 is 0 Å². The number of halogens is 2. The number of benzene rings is 10. The van der Waals surface area contributed by atoms with Crippen molar-refractivity contribution in [2.24, 2.45) is 0 Å². The van der Waals surface area contributed by atoms with Crippen molar-refractivity contribution in [3.05, 3.63) is 264 Å². The number of furan rings is 2. The smallest absolute Gasteiger partial charge is 0.179 e. The van der Waals surface area contributed by atoms with E-state index in [-0.39, 0.29) is 0 Å². The van der Waals surface area contributed by atoms with E-state index in [9.17, 15) is 0 Å². The van der Waals surface area contributed by atoms with Gasteiger partial charge in [0.15, 0.2) is 16.1 Å². The predicted octanol–water partition coefficient (Wildman–Crippen LogP) is 12.2. The van der Waals surface area contributed by atoms with Crippen LogP contribution < -0.4 is 41.5 Å². The lowest BCUT2D eigenvalue weighted by atomic mass is 10.1. The van der Waals surface area contributed by atoms with Crippen LogP contribution in [0.15, 0.2) is 273 Å². The van der Waals surface area contributed by atoms with Crippen LogP contribution in [0.1, 0.15) is 12.8 Å². The largest absolute Gasteiger partial charge is 0.456 e. The van der Waals surface area contributed by atoms with Crippen LogP contribution in [0.2, 0.25) is 0 Å². The van der Waals surface area contributed by atoms with Gasteiger partial charge in [-0.1, -0.05) is 238 Å². The molecule has 3 nitrogen and oxygen atoms in total. The number of rotatable bonds is 8. The van der Waals surface area contributed by atoms with Crippen LogP contribution in [-0.4, -0.2) is 29.4 Å². The Morgan fingerprint density at radius 3 is 0.775 bits per heavy atom. The second-order valence-corrected chi connectivity index (χ2v) is 27.4. The maximum atomic E-state index is 6.65. The van der Waals surface area contributed by atoms with Gasteiger partial charge in [0.05, 0.1) is 0 Å². The molecule has 1 saturated heterocycles. The van der Waals surface area contributed by atoms with Crippen molar-refractivity contribution >= 4 is 133 Å². The third kappa shape index (κ3) is 8.98. The highest BCUT2D eigenvalue weighted by Gasteiger charge is 2.43. The van der Waals surface area contributed by atoms with Crippen LogP contribution in [0.4, 0.5) is 0 Å². The molecule has 1 aliphatic rings. The average Bonchev–Trinajstić information content (AvgIpc) is 4.22. The highest BCUT2D eigenvalue weighted by molar-refractivity contribution is 9.10. The summed E-state index contributed by atoms with van der Waals surface area (Å²) in [7, 11) is -5.44. The lowest BCUT2D eigenvalue weighted by Gasteiger charge is -2.34. The van der Waals surface area contributed by atoms with Gasteiger partial charge in [-0.2, -0.15) is 0 Å². The Morgan fingerprint density at radius 1 is 0.268 bits per heavy atom. The fraction of sp³-hybridized carbons (Fsp3) is 0.0625. The van der Waals surface area contributed by atoms with Gasteiger partial charge in [0.1, 0.15) is 22.3 Å². The van der Waals surface area contributed by atoms with Crippen LogP contribution in [0.5, 0.6) is 0 Å². The van der Waals surface area contributed by atoms with Gasteiger partial charge in [-0.05, 0) is 103 Å². The van der Waals surface area contributed by atoms with Crippen molar-refractivity contribution in [1.82, 2.24) is 0 Å². The molecule has 1 fully saturated rings. The van der Waals surface area contributed by atoms with E-state index in [2.05, 4.69) is 262 Å². The maximum Gasteiger partial charge on any atom is 0.179 e. The summed E-state index contributed by atoms with van der Waals surface area (Å²) in [5.74, 6) is 0. The molecule has 13 rings (SSSR count). The molecule has 10 aromatic carbocycles. The summed E-state index contributed by atoms with van der Waals surface area (Å²) in [6.07, 6.45) is 2.56. The van der Waals surface area contributed by atoms with E-state index in [4.69, 9.17) is 13.6 Å². The van der Waals surface area contributed by atoms with Crippen molar-refractivity contribution in [3.63, 3.8) is 0 Å². The fourth-order valence-corrected chi connectivity index (χ4v) is 20.9. The molecule has 1 aliphatic heterocycles. The Balaban J connectivity index is 0.000000225. The van der Waals surface area contributed by atoms with Gasteiger partial charge in [0.25, 0.3) is 0 Å². The minimum absolute atomic E-state index is 0.911. The first-order valence-electron chi connectivity index (χ1n) is 24.2. The first-order valence-corrected chi connectivity index (χ1v) is 29.8. The third-order valence-corrected chi connectivity index (χ3v) is 24.3. The summed E-state index contributed by atoms with van der Waals surface area (Å²) in [4.78, 5) is 0. The fourth-order valence-electron chi connectivity index (χ4n) is 10.6. The van der Waals surface area contributed by atoms with E-state index in [0.29, 0.717) is 0 Å². The zero-order valence-electron chi connectivity index (χ0n) is 39.1. The van der Waals surface area contributed by atoms with Gasteiger partial charge in [0, 0.05) is 43.7 Å². The lowest BCUT2D eigenvalue weighted by molar-refractivity contribution is 0.198. The van der Waals surface area contributed by atoms with Crippen molar-refractivity contribution in [3.8, 4) is 0 Å². The Morgan fingerprint density at radius 2 is 0.521 bits per heavy atom. The van der Waals surface area contributed by atoms with Crippen LogP contribution in [0.25, 0.3) is 43.9 Å². The van der Waals surface area contributed by atoms with Gasteiger partial charge < -0.3 is 13.6 Å². The molecule has 0 saturated carbocycles. The molecule has 346 valence electrons. The van der Waals surface area contributed by atoms with Crippen molar-refractivity contribution in [1.29, 1.82) is 0 Å². The quantitative estimate of drug-likeness (QED) is 0.112. The van der Waals surface area contributed by atoms with Crippen molar-refractivity contribution < 1.29 is 13.6 Å². The van der Waals surface area contributed by atoms with Crippen molar-refractivity contribution in [2.75, 3.05) is 13.2 Å². The summed E-state index contributed by atoms with van der Waals surface area (Å²) in [5.41, 5.74) is 3.67. The van der Waals surface area contributed by atoms with E-state index < -0.39 is 16.1 Å². The van der Waals surface area contributed by atoms with E-state index in [1.807, 2.05) is 24.3 Å². The standard InChI is InChI=1S/C48H36OSi2.C12H6Br2O.C4H8O/c1-7-19-37(20-8-1)50(38-21-9-2-10-22-38,39-23-11-3-12-24-39)43-31-33-47-45(35-43)46-36-44(32-34-48(46)49-47)51(40-25-13-4-14-26-40,41-27-15-5-16-28-41)42-29-17-6-18-30-42;13-7-1-3-11-9(5-7)10-6-8(14)2-4-12(10)15-11;1-2-4-5-3-1/h1-36H;1-6H;1-4H2. The zero-order valence-corrected chi connectivity index (χ0v) is 44.2. The Labute approximate surface area is 433 Å². The third-order valence-electron chi connectivity index (χ3n) is 13.8. The summed E-state index contributed by atoms with van der Waals surface area (Å²) in [5, 5.41) is 15.4. The first kappa shape index (κ1) is 46.5. The molecule has 0 N–H and O–H groups in total. The van der Waals surface area contributed by atoms with Gasteiger partial charge in [0.2, 0.25) is 0 Å². The summed E-state index contributed by atoms with van der Waals surface area (Å²) < 4.78 is 19.5. The molecule has 0 aliphatic carbocycles. The van der Waals surface area contributed by atoms with Gasteiger partial charge in [-0.3, -0.25) is 0 Å². The average molecular weight is 1080 g/mol. The molecule has 0 unspecified atom stereocenters. The van der Waals surface area contributed by atoms with Crippen LogP contribution in [-0.2, 0) is 4.74 Å². The van der Waals surface area contributed by atoms with E-state index in [1.165, 1.54) is 54.3 Å². The normalized spacial score (nSPS) is 12.6. The minimum atomic E-state index is -2.72. The van der Waals surface area contributed by atoms with Crippen LogP contribution in [0.3, 0.4) is 0 Å². The Kier molecular flexibility index (Phi) is 13.7. The highest BCUT2D eigenvalue weighted by atomic mass is 79.9. The zero-order chi connectivity index (χ0) is 48.0. The molecule has 3 heterocycles. The summed E-state index contributed by atoms with van der Waals surface area (Å²) >= 11 is 6.94. The lowest BCUT2D eigenvalue weighted by Crippen LogP contribution is -2.74. The second kappa shape index (κ2) is 20.9. The van der Waals surface area contributed by atoms with Gasteiger partial charge >= 0.3 is 0 Å². The van der Waals surface area contributed by atoms with E-state index in [1.54, 1.807) is 0 Å². The number of hydrogen-bond acceptors (Lipinski definition) is 3. The number of hydrogen-bond donors (Lipinski definition) is 0. The van der Waals surface area contributed by atoms with E-state index in [0.717, 1.165) is 66.0 Å². The topological polar surface area (TPSA) is 35.5 Å². The summed E-state index contributed by atoms with van der Waals surface area (Å²) in [6.45, 7) is 2.00. The highest BCUT2D eigenvalue weighted by Crippen LogP contribution is 2.33. The molecule has 2 aromatic heterocycles. The van der Waals surface area contributed by atoms with Crippen LogP contribution in [0, 0.1) is 0 Å². The van der Waals surface area contributed by atoms with Crippen molar-refractivity contribution in [2.45, 2.75) is 12.8 Å². The molecular weight excluding hydrogens is 1030 g/mol. The molecule has 12 aromatic rings. The Hall–Kier alpha value is -6.85. The SMILES string of the molecule is Brc1ccc2oc3ccc(Br)cc3c2c1.C1CCOC1.c1ccc([Si](c2ccccc2)(c2ccccc2)c2ccc3oc4ccc([Si](c5ccccc5)(c5ccccc5)c5ccccc5)cc4c3c2)cc1. The molecule has 0 amide bonds. The first-order chi connectivity index (χ1) is 35.0.